The summed E-state index contributed by atoms with van der Waals surface area (Å²) in [5, 5.41) is 12.2. The number of carbonyl (C=O) groups is 1. The third kappa shape index (κ3) is 6.18. The fraction of sp³-hybridized carbons (Fsp3) is 0.237. The van der Waals surface area contributed by atoms with Gasteiger partial charge in [-0.15, -0.1) is 0 Å². The van der Waals surface area contributed by atoms with Crippen LogP contribution in [-0.4, -0.2) is 44.3 Å². The predicted molar refractivity (Wildman–Crippen MR) is 178 cm³/mol. The quantitative estimate of drug-likeness (QED) is 0.180. The Hall–Kier alpha value is -4.65. The summed E-state index contributed by atoms with van der Waals surface area (Å²) in [5.74, 6) is 1.43. The Bertz CT molecular complexity index is 1790. The van der Waals surface area contributed by atoms with Crippen molar-refractivity contribution in [3.05, 3.63) is 114 Å². The van der Waals surface area contributed by atoms with Crippen LogP contribution in [0.3, 0.4) is 0 Å². The van der Waals surface area contributed by atoms with Crippen LogP contribution in [-0.2, 0) is 0 Å². The highest BCUT2D eigenvalue weighted by atomic mass is 16.5. The Kier molecular flexibility index (Phi) is 8.01. The van der Waals surface area contributed by atoms with E-state index < -0.39 is 0 Å². The SMILES string of the molecule is Cc1ccc(-c2cc(NC(=O)c3ccc(O[C@H]4CCNC4)c(-c4ccc5ccccc5c4)c3)ccc2O[C@H]2CCNC2)cc1. The molecule has 3 N–H and O–H groups in total. The first kappa shape index (κ1) is 28.1. The van der Waals surface area contributed by atoms with E-state index in [0.717, 1.165) is 78.2 Å². The lowest BCUT2D eigenvalue weighted by Gasteiger charge is -2.19. The van der Waals surface area contributed by atoms with Crippen molar-refractivity contribution in [2.24, 2.45) is 0 Å². The fourth-order valence-corrected chi connectivity index (χ4v) is 6.05. The zero-order chi connectivity index (χ0) is 29.9. The minimum Gasteiger partial charge on any atom is -0.488 e. The van der Waals surface area contributed by atoms with Crippen LogP contribution in [0.25, 0.3) is 33.0 Å². The summed E-state index contributed by atoms with van der Waals surface area (Å²) in [5.41, 5.74) is 6.41. The molecule has 2 fully saturated rings. The third-order valence-electron chi connectivity index (χ3n) is 8.52. The highest BCUT2D eigenvalue weighted by Crippen LogP contribution is 2.36. The molecule has 2 aliphatic heterocycles. The highest BCUT2D eigenvalue weighted by molar-refractivity contribution is 6.06. The fourth-order valence-electron chi connectivity index (χ4n) is 6.05. The number of rotatable bonds is 8. The van der Waals surface area contributed by atoms with Crippen LogP contribution < -0.4 is 25.4 Å². The van der Waals surface area contributed by atoms with Crippen LogP contribution in [0.2, 0.25) is 0 Å². The van der Waals surface area contributed by atoms with Gasteiger partial charge in [-0.25, -0.2) is 0 Å². The Morgan fingerprint density at radius 1 is 0.682 bits per heavy atom. The molecule has 0 aromatic heterocycles. The number of fused-ring (bicyclic) bond motifs is 1. The van der Waals surface area contributed by atoms with Gasteiger partial charge in [-0.3, -0.25) is 4.79 Å². The number of anilines is 1. The average molecular weight is 584 g/mol. The first-order valence-electron chi connectivity index (χ1n) is 15.5. The van der Waals surface area contributed by atoms with Gasteiger partial charge in [0.25, 0.3) is 5.91 Å². The lowest BCUT2D eigenvalue weighted by atomic mass is 9.98. The molecule has 2 atom stereocenters. The summed E-state index contributed by atoms with van der Waals surface area (Å²) >= 11 is 0. The van der Waals surface area contributed by atoms with Gasteiger partial charge in [0.2, 0.25) is 0 Å². The van der Waals surface area contributed by atoms with Crippen molar-refractivity contribution in [1.82, 2.24) is 10.6 Å². The van der Waals surface area contributed by atoms with E-state index >= 15 is 0 Å². The van der Waals surface area contributed by atoms with E-state index in [-0.39, 0.29) is 18.1 Å². The monoisotopic (exact) mass is 583 g/mol. The summed E-state index contributed by atoms with van der Waals surface area (Å²) in [6.45, 7) is 5.64. The second-order valence-electron chi connectivity index (χ2n) is 11.8. The zero-order valence-corrected chi connectivity index (χ0v) is 24.9. The van der Waals surface area contributed by atoms with Gasteiger partial charge < -0.3 is 25.4 Å². The van der Waals surface area contributed by atoms with E-state index in [1.165, 1.54) is 10.9 Å². The molecule has 0 saturated carbocycles. The standard InChI is InChI=1S/C38H37N3O3/c1-25-6-8-27(9-7-25)35-22-31(13-15-37(35)44-33-17-19-40-24-33)41-38(42)30-12-14-36(43-32-16-18-39-23-32)34(21-30)29-11-10-26-4-2-3-5-28(26)20-29/h2-15,20-22,32-33,39-40H,16-19,23-24H2,1H3,(H,41,42)/t32-,33-/m0/s1. The van der Waals surface area contributed by atoms with E-state index in [1.54, 1.807) is 0 Å². The molecular formula is C38H37N3O3. The van der Waals surface area contributed by atoms with E-state index in [1.807, 2.05) is 48.5 Å². The minimum absolute atomic E-state index is 0.106. The lowest BCUT2D eigenvalue weighted by molar-refractivity contribution is 0.102. The van der Waals surface area contributed by atoms with E-state index in [4.69, 9.17) is 9.47 Å². The molecule has 0 bridgehead atoms. The highest BCUT2D eigenvalue weighted by Gasteiger charge is 2.21. The number of benzene rings is 5. The first-order valence-corrected chi connectivity index (χ1v) is 15.5. The van der Waals surface area contributed by atoms with Gasteiger partial charge in [-0.1, -0.05) is 66.2 Å². The molecule has 44 heavy (non-hydrogen) atoms. The molecule has 6 nitrogen and oxygen atoms in total. The predicted octanol–water partition coefficient (Wildman–Crippen LogP) is 7.22. The van der Waals surface area contributed by atoms with Gasteiger partial charge in [0.05, 0.1) is 0 Å². The molecule has 2 heterocycles. The topological polar surface area (TPSA) is 71.6 Å². The summed E-state index contributed by atoms with van der Waals surface area (Å²) in [6, 6.07) is 34.7. The van der Waals surface area contributed by atoms with Crippen molar-refractivity contribution in [2.75, 3.05) is 31.5 Å². The van der Waals surface area contributed by atoms with Crippen molar-refractivity contribution < 1.29 is 14.3 Å². The van der Waals surface area contributed by atoms with Crippen molar-refractivity contribution in [3.63, 3.8) is 0 Å². The molecule has 1 amide bonds. The van der Waals surface area contributed by atoms with Gasteiger partial charge >= 0.3 is 0 Å². The molecule has 0 aliphatic carbocycles. The summed E-state index contributed by atoms with van der Waals surface area (Å²) in [7, 11) is 0. The van der Waals surface area contributed by atoms with Crippen molar-refractivity contribution in [1.29, 1.82) is 0 Å². The van der Waals surface area contributed by atoms with Crippen LogP contribution in [0.5, 0.6) is 11.5 Å². The third-order valence-corrected chi connectivity index (χ3v) is 8.52. The second kappa shape index (κ2) is 12.5. The summed E-state index contributed by atoms with van der Waals surface area (Å²) in [6.07, 6.45) is 2.17. The lowest BCUT2D eigenvalue weighted by Crippen LogP contribution is -2.20. The molecule has 0 unspecified atom stereocenters. The maximum atomic E-state index is 13.7. The minimum atomic E-state index is -0.176. The number of carbonyl (C=O) groups excluding carboxylic acids is 1. The molecule has 0 radical (unpaired) electrons. The van der Waals surface area contributed by atoms with Crippen molar-refractivity contribution in [2.45, 2.75) is 32.0 Å². The van der Waals surface area contributed by atoms with Crippen LogP contribution >= 0.6 is 0 Å². The molecule has 2 saturated heterocycles. The summed E-state index contributed by atoms with van der Waals surface area (Å²) < 4.78 is 12.9. The van der Waals surface area contributed by atoms with Crippen LogP contribution in [0.1, 0.15) is 28.8 Å². The number of amides is 1. The normalized spacial score (nSPS) is 17.9. The maximum absolute atomic E-state index is 13.7. The van der Waals surface area contributed by atoms with Crippen LogP contribution in [0.15, 0.2) is 103 Å². The van der Waals surface area contributed by atoms with Crippen molar-refractivity contribution in [3.8, 4) is 33.8 Å². The Morgan fingerprint density at radius 3 is 2.00 bits per heavy atom. The number of nitrogens with one attached hydrogen (secondary N) is 3. The van der Waals surface area contributed by atoms with Gasteiger partial charge in [-0.2, -0.15) is 0 Å². The zero-order valence-electron chi connectivity index (χ0n) is 24.9. The van der Waals surface area contributed by atoms with Gasteiger partial charge in [0.15, 0.2) is 0 Å². The molecule has 7 rings (SSSR count). The Morgan fingerprint density at radius 2 is 1.32 bits per heavy atom. The smallest absolute Gasteiger partial charge is 0.255 e. The van der Waals surface area contributed by atoms with E-state index in [9.17, 15) is 4.79 Å². The molecular weight excluding hydrogens is 546 g/mol. The van der Waals surface area contributed by atoms with Gasteiger partial charge in [0.1, 0.15) is 23.7 Å². The average Bonchev–Trinajstić information content (AvgIpc) is 3.77. The molecule has 2 aliphatic rings. The molecule has 5 aromatic rings. The maximum Gasteiger partial charge on any atom is 0.255 e. The molecule has 0 spiro atoms. The summed E-state index contributed by atoms with van der Waals surface area (Å²) in [4.78, 5) is 13.7. The van der Waals surface area contributed by atoms with Gasteiger partial charge in [0, 0.05) is 35.5 Å². The van der Waals surface area contributed by atoms with Crippen LogP contribution in [0, 0.1) is 6.92 Å². The Balaban J connectivity index is 1.20. The van der Waals surface area contributed by atoms with Gasteiger partial charge in [-0.05, 0) is 97.2 Å². The number of hydrogen-bond acceptors (Lipinski definition) is 5. The van der Waals surface area contributed by atoms with E-state index in [0.29, 0.717) is 11.3 Å². The molecule has 222 valence electrons. The number of hydrogen-bond donors (Lipinski definition) is 3. The van der Waals surface area contributed by atoms with Crippen LogP contribution in [0.4, 0.5) is 5.69 Å². The van der Waals surface area contributed by atoms with E-state index in [2.05, 4.69) is 77.5 Å². The van der Waals surface area contributed by atoms with Crippen molar-refractivity contribution >= 4 is 22.4 Å². The first-order chi connectivity index (χ1) is 21.6. The number of aryl methyl sites for hydroxylation is 1. The largest absolute Gasteiger partial charge is 0.488 e. The second-order valence-corrected chi connectivity index (χ2v) is 11.8. The Labute approximate surface area is 258 Å². The molecule has 5 aromatic carbocycles. The molecule has 6 heteroatoms. The number of ether oxygens (including phenoxy) is 2.